The standard InChI is InChI=1S/C16H22O4/c1-4-5-7-14-8-6-9-15(10-14)11-16(18)20-13(3)19-12(2)17/h6,8-10,13H,4-5,7,11H2,1-3H3. The van der Waals surface area contributed by atoms with Crippen LogP contribution in [0, 0.1) is 0 Å². The normalized spacial score (nSPS) is 11.8. The zero-order valence-electron chi connectivity index (χ0n) is 12.3. The second-order valence-corrected chi connectivity index (χ2v) is 4.77. The molecular weight excluding hydrogens is 256 g/mol. The van der Waals surface area contributed by atoms with E-state index in [2.05, 4.69) is 13.0 Å². The highest BCUT2D eigenvalue weighted by Gasteiger charge is 2.12. The number of hydrogen-bond acceptors (Lipinski definition) is 4. The van der Waals surface area contributed by atoms with Gasteiger partial charge in [-0.3, -0.25) is 9.59 Å². The highest BCUT2D eigenvalue weighted by atomic mass is 16.7. The van der Waals surface area contributed by atoms with E-state index >= 15 is 0 Å². The fourth-order valence-electron chi connectivity index (χ4n) is 1.93. The molecule has 4 nitrogen and oxygen atoms in total. The van der Waals surface area contributed by atoms with Crippen LogP contribution >= 0.6 is 0 Å². The van der Waals surface area contributed by atoms with Crippen molar-refractivity contribution in [2.45, 2.75) is 52.7 Å². The van der Waals surface area contributed by atoms with Gasteiger partial charge < -0.3 is 9.47 Å². The zero-order chi connectivity index (χ0) is 15.0. The lowest BCUT2D eigenvalue weighted by Crippen LogP contribution is -2.21. The molecule has 0 amide bonds. The van der Waals surface area contributed by atoms with Gasteiger partial charge in [-0.25, -0.2) is 0 Å². The molecule has 0 heterocycles. The average Bonchev–Trinajstić information content (AvgIpc) is 2.35. The van der Waals surface area contributed by atoms with Gasteiger partial charge in [0.1, 0.15) is 0 Å². The molecule has 1 unspecified atom stereocenters. The molecule has 0 aliphatic carbocycles. The van der Waals surface area contributed by atoms with Crippen LogP contribution in [0.25, 0.3) is 0 Å². The van der Waals surface area contributed by atoms with Crippen molar-refractivity contribution in [1.82, 2.24) is 0 Å². The number of carbonyl (C=O) groups is 2. The van der Waals surface area contributed by atoms with Crippen LogP contribution < -0.4 is 0 Å². The van der Waals surface area contributed by atoms with E-state index < -0.39 is 18.2 Å². The van der Waals surface area contributed by atoms with Crippen LogP contribution in [0.4, 0.5) is 0 Å². The molecule has 1 rings (SSSR count). The molecule has 0 aliphatic rings. The number of carbonyl (C=O) groups excluding carboxylic acids is 2. The van der Waals surface area contributed by atoms with Crippen LogP contribution in [0.15, 0.2) is 24.3 Å². The van der Waals surface area contributed by atoms with Gasteiger partial charge in [0.15, 0.2) is 0 Å². The molecule has 1 aromatic carbocycles. The molecule has 1 atom stereocenters. The SMILES string of the molecule is CCCCc1cccc(CC(=O)OC(C)OC(C)=O)c1. The number of aryl methyl sites for hydroxylation is 1. The van der Waals surface area contributed by atoms with E-state index in [-0.39, 0.29) is 6.42 Å². The van der Waals surface area contributed by atoms with Crippen LogP contribution in [0.3, 0.4) is 0 Å². The van der Waals surface area contributed by atoms with Crippen LogP contribution in [0.5, 0.6) is 0 Å². The second-order valence-electron chi connectivity index (χ2n) is 4.77. The largest absolute Gasteiger partial charge is 0.426 e. The molecule has 0 aliphatic heterocycles. The number of unbranched alkanes of at least 4 members (excludes halogenated alkanes) is 1. The van der Waals surface area contributed by atoms with E-state index in [0.717, 1.165) is 24.8 Å². The van der Waals surface area contributed by atoms with Gasteiger partial charge in [-0.05, 0) is 24.0 Å². The number of benzene rings is 1. The predicted molar refractivity (Wildman–Crippen MR) is 76.1 cm³/mol. The Morgan fingerprint density at radius 1 is 1.20 bits per heavy atom. The lowest BCUT2D eigenvalue weighted by molar-refractivity contribution is -0.182. The highest BCUT2D eigenvalue weighted by molar-refractivity contribution is 5.73. The minimum atomic E-state index is -0.844. The molecule has 0 radical (unpaired) electrons. The molecule has 0 aromatic heterocycles. The third-order valence-corrected chi connectivity index (χ3v) is 2.79. The van der Waals surface area contributed by atoms with Gasteiger partial charge in [-0.15, -0.1) is 0 Å². The highest BCUT2D eigenvalue weighted by Crippen LogP contribution is 2.10. The maximum Gasteiger partial charge on any atom is 0.313 e. The summed E-state index contributed by atoms with van der Waals surface area (Å²) >= 11 is 0. The van der Waals surface area contributed by atoms with E-state index in [9.17, 15) is 9.59 Å². The maximum absolute atomic E-state index is 11.7. The quantitative estimate of drug-likeness (QED) is 0.568. The van der Waals surface area contributed by atoms with Gasteiger partial charge in [-0.1, -0.05) is 37.6 Å². The number of rotatable bonds is 7. The first-order chi connectivity index (χ1) is 9.51. The summed E-state index contributed by atoms with van der Waals surface area (Å²) in [5, 5.41) is 0. The van der Waals surface area contributed by atoms with Crippen molar-refractivity contribution >= 4 is 11.9 Å². The van der Waals surface area contributed by atoms with Crippen LogP contribution in [-0.4, -0.2) is 18.2 Å². The Hall–Kier alpha value is -1.84. The number of esters is 2. The third kappa shape index (κ3) is 6.36. The van der Waals surface area contributed by atoms with Crippen molar-refractivity contribution in [1.29, 1.82) is 0 Å². The fraction of sp³-hybridized carbons (Fsp3) is 0.500. The molecular formula is C16H22O4. The summed E-state index contributed by atoms with van der Waals surface area (Å²) in [6.45, 7) is 4.95. The van der Waals surface area contributed by atoms with Crippen molar-refractivity contribution in [2.24, 2.45) is 0 Å². The Labute approximate surface area is 120 Å². The Morgan fingerprint density at radius 3 is 2.55 bits per heavy atom. The molecule has 20 heavy (non-hydrogen) atoms. The van der Waals surface area contributed by atoms with E-state index in [1.165, 1.54) is 19.4 Å². The molecule has 1 aromatic rings. The Morgan fingerprint density at radius 2 is 1.90 bits per heavy atom. The van der Waals surface area contributed by atoms with Crippen molar-refractivity contribution in [3.8, 4) is 0 Å². The molecule has 0 bridgehead atoms. The molecule has 4 heteroatoms. The molecule has 0 saturated carbocycles. The molecule has 0 N–H and O–H groups in total. The summed E-state index contributed by atoms with van der Waals surface area (Å²) in [4.78, 5) is 22.4. The fourth-order valence-corrected chi connectivity index (χ4v) is 1.93. The molecule has 0 saturated heterocycles. The third-order valence-electron chi connectivity index (χ3n) is 2.79. The van der Waals surface area contributed by atoms with Crippen LogP contribution in [-0.2, 0) is 31.9 Å². The second kappa shape index (κ2) is 8.35. The summed E-state index contributed by atoms with van der Waals surface area (Å²) in [7, 11) is 0. The lowest BCUT2D eigenvalue weighted by Gasteiger charge is -2.13. The molecule has 0 fully saturated rings. The van der Waals surface area contributed by atoms with Gasteiger partial charge >= 0.3 is 11.9 Å². The Kier molecular flexibility index (Phi) is 6.77. The van der Waals surface area contributed by atoms with Gasteiger partial charge in [0.05, 0.1) is 6.42 Å². The van der Waals surface area contributed by atoms with Gasteiger partial charge in [0.2, 0.25) is 6.29 Å². The number of ether oxygens (including phenoxy) is 2. The summed E-state index contributed by atoms with van der Waals surface area (Å²) in [5.74, 6) is -0.863. The smallest absolute Gasteiger partial charge is 0.313 e. The van der Waals surface area contributed by atoms with Crippen molar-refractivity contribution in [2.75, 3.05) is 0 Å². The van der Waals surface area contributed by atoms with E-state index in [1.807, 2.05) is 18.2 Å². The first-order valence-corrected chi connectivity index (χ1v) is 6.95. The first-order valence-electron chi connectivity index (χ1n) is 6.95. The topological polar surface area (TPSA) is 52.6 Å². The van der Waals surface area contributed by atoms with Crippen LogP contribution in [0.1, 0.15) is 44.7 Å². The van der Waals surface area contributed by atoms with Crippen LogP contribution in [0.2, 0.25) is 0 Å². The van der Waals surface area contributed by atoms with Gasteiger partial charge in [0.25, 0.3) is 0 Å². The van der Waals surface area contributed by atoms with Crippen molar-refractivity contribution in [3.05, 3.63) is 35.4 Å². The minimum absolute atomic E-state index is 0.186. The van der Waals surface area contributed by atoms with Crippen molar-refractivity contribution < 1.29 is 19.1 Å². The number of hydrogen-bond donors (Lipinski definition) is 0. The van der Waals surface area contributed by atoms with E-state index in [4.69, 9.17) is 9.47 Å². The zero-order valence-corrected chi connectivity index (χ0v) is 12.3. The van der Waals surface area contributed by atoms with E-state index in [1.54, 1.807) is 0 Å². The van der Waals surface area contributed by atoms with E-state index in [0.29, 0.717) is 0 Å². The lowest BCUT2D eigenvalue weighted by atomic mass is 10.0. The van der Waals surface area contributed by atoms with Crippen molar-refractivity contribution in [3.63, 3.8) is 0 Å². The average molecular weight is 278 g/mol. The Bertz CT molecular complexity index is 454. The predicted octanol–water partition coefficient (Wildman–Crippen LogP) is 3.02. The summed E-state index contributed by atoms with van der Waals surface area (Å²) in [6.07, 6.45) is 2.64. The summed E-state index contributed by atoms with van der Waals surface area (Å²) < 4.78 is 9.76. The first kappa shape index (κ1) is 16.2. The van der Waals surface area contributed by atoms with Gasteiger partial charge in [0, 0.05) is 13.8 Å². The van der Waals surface area contributed by atoms with Gasteiger partial charge in [-0.2, -0.15) is 0 Å². The monoisotopic (exact) mass is 278 g/mol. The molecule has 110 valence electrons. The minimum Gasteiger partial charge on any atom is -0.426 e. The summed E-state index contributed by atoms with van der Waals surface area (Å²) in [5.41, 5.74) is 2.14. The Balaban J connectivity index is 2.50. The molecule has 0 spiro atoms. The maximum atomic E-state index is 11.7. The summed E-state index contributed by atoms with van der Waals surface area (Å²) in [6, 6.07) is 7.93.